The third kappa shape index (κ3) is 2.25. The number of hydrogen-bond donors (Lipinski definition) is 1. The summed E-state index contributed by atoms with van der Waals surface area (Å²) in [6, 6.07) is 4.07. The maximum atomic E-state index is 13.7. The van der Waals surface area contributed by atoms with Crippen molar-refractivity contribution in [3.05, 3.63) is 24.0 Å². The van der Waals surface area contributed by atoms with E-state index in [1.807, 2.05) is 4.90 Å². The first-order valence-electron chi connectivity index (χ1n) is 6.32. The van der Waals surface area contributed by atoms with Crippen LogP contribution >= 0.6 is 0 Å². The summed E-state index contributed by atoms with van der Waals surface area (Å²) < 4.78 is 18.7. The Balaban J connectivity index is 1.92. The Morgan fingerprint density at radius 3 is 2.74 bits per heavy atom. The number of benzene rings is 1. The summed E-state index contributed by atoms with van der Waals surface area (Å²) in [4.78, 5) is 6.18. The molecule has 1 aliphatic heterocycles. The first-order valence-corrected chi connectivity index (χ1v) is 6.32. The predicted octanol–water partition coefficient (Wildman–Crippen LogP) is 2.57. The van der Waals surface area contributed by atoms with Crippen LogP contribution < -0.4 is 4.90 Å². The molecular weight excluding hydrogens is 249 g/mol. The summed E-state index contributed by atoms with van der Waals surface area (Å²) in [6.45, 7) is 1.75. The lowest BCUT2D eigenvalue weighted by Crippen LogP contribution is -2.30. The molecule has 19 heavy (non-hydrogen) atoms. The van der Waals surface area contributed by atoms with Crippen LogP contribution in [0.3, 0.4) is 0 Å². The number of phenolic OH excluding ortho intramolecular Hbond substituents is 1. The van der Waals surface area contributed by atoms with Crippen LogP contribution in [-0.4, -0.2) is 28.3 Å². The molecule has 3 rings (SSSR count). The van der Waals surface area contributed by atoms with E-state index in [4.69, 9.17) is 4.52 Å². The summed E-state index contributed by atoms with van der Waals surface area (Å²) >= 11 is 0. The first kappa shape index (κ1) is 12.0. The van der Waals surface area contributed by atoms with Gasteiger partial charge < -0.3 is 14.5 Å². The fourth-order valence-corrected chi connectivity index (χ4v) is 2.26. The topological polar surface area (TPSA) is 62.4 Å². The Hall–Kier alpha value is -2.11. The summed E-state index contributed by atoms with van der Waals surface area (Å²) in [6.07, 6.45) is 3.39. The molecule has 0 bridgehead atoms. The number of piperidine rings is 1. The minimum absolute atomic E-state index is 0.0103. The molecule has 100 valence electrons. The lowest BCUT2D eigenvalue weighted by atomic mass is 10.1. The minimum atomic E-state index is -0.575. The molecule has 1 fully saturated rings. The van der Waals surface area contributed by atoms with Crippen LogP contribution in [0.4, 0.5) is 10.3 Å². The van der Waals surface area contributed by atoms with E-state index in [1.54, 1.807) is 0 Å². The number of hydrogen-bond acceptors (Lipinski definition) is 5. The van der Waals surface area contributed by atoms with Gasteiger partial charge in [0, 0.05) is 13.1 Å². The third-order valence-corrected chi connectivity index (χ3v) is 3.26. The second-order valence-electron chi connectivity index (χ2n) is 4.58. The maximum Gasteiger partial charge on any atom is 0.266 e. The van der Waals surface area contributed by atoms with Gasteiger partial charge in [0.05, 0.1) is 0 Å². The number of phenols is 1. The predicted molar refractivity (Wildman–Crippen MR) is 67.4 cm³/mol. The minimum Gasteiger partial charge on any atom is -0.507 e. The van der Waals surface area contributed by atoms with E-state index in [0.717, 1.165) is 25.9 Å². The number of aromatic nitrogens is 2. The van der Waals surface area contributed by atoms with Crippen LogP contribution in [0.25, 0.3) is 11.5 Å². The zero-order valence-electron chi connectivity index (χ0n) is 10.3. The largest absolute Gasteiger partial charge is 0.507 e. The van der Waals surface area contributed by atoms with Gasteiger partial charge in [-0.05, 0) is 36.6 Å². The second-order valence-corrected chi connectivity index (χ2v) is 4.58. The Morgan fingerprint density at radius 2 is 2.00 bits per heavy atom. The van der Waals surface area contributed by atoms with Gasteiger partial charge in [-0.1, -0.05) is 6.07 Å². The molecule has 2 heterocycles. The highest BCUT2D eigenvalue weighted by molar-refractivity contribution is 5.63. The van der Waals surface area contributed by atoms with E-state index in [9.17, 15) is 9.50 Å². The molecule has 5 nitrogen and oxygen atoms in total. The van der Waals surface area contributed by atoms with Crippen molar-refractivity contribution >= 4 is 5.95 Å². The zero-order valence-corrected chi connectivity index (χ0v) is 10.3. The van der Waals surface area contributed by atoms with Crippen molar-refractivity contribution in [2.75, 3.05) is 18.0 Å². The molecule has 1 aromatic heterocycles. The summed E-state index contributed by atoms with van der Waals surface area (Å²) in [7, 11) is 0. The number of nitrogens with zero attached hydrogens (tertiary/aromatic N) is 3. The molecule has 0 saturated carbocycles. The van der Waals surface area contributed by atoms with Gasteiger partial charge in [0.2, 0.25) is 0 Å². The lowest BCUT2D eigenvalue weighted by Gasteiger charge is -2.24. The van der Waals surface area contributed by atoms with Crippen LogP contribution in [0, 0.1) is 5.82 Å². The van der Waals surface area contributed by atoms with Crippen LogP contribution in [0.2, 0.25) is 0 Å². The highest BCUT2D eigenvalue weighted by atomic mass is 19.1. The monoisotopic (exact) mass is 263 g/mol. The van der Waals surface area contributed by atoms with Gasteiger partial charge in [0.1, 0.15) is 17.1 Å². The number of halogens is 1. The molecule has 0 amide bonds. The van der Waals surface area contributed by atoms with Crippen molar-refractivity contribution in [3.8, 4) is 17.2 Å². The van der Waals surface area contributed by atoms with Gasteiger partial charge >= 0.3 is 0 Å². The fourth-order valence-electron chi connectivity index (χ4n) is 2.26. The second kappa shape index (κ2) is 4.87. The standard InChI is InChI=1S/C13H14FN3O2/c14-9-5-4-6-10(18)11(9)12-15-13(16-19-12)17-7-2-1-3-8-17/h4-6,18H,1-3,7-8H2. The molecular formula is C13H14FN3O2. The quantitative estimate of drug-likeness (QED) is 0.902. The van der Waals surface area contributed by atoms with Crippen molar-refractivity contribution in [1.82, 2.24) is 10.1 Å². The molecule has 6 heteroatoms. The van der Waals surface area contributed by atoms with Crippen molar-refractivity contribution < 1.29 is 14.0 Å². The van der Waals surface area contributed by atoms with Gasteiger partial charge in [0.15, 0.2) is 0 Å². The third-order valence-electron chi connectivity index (χ3n) is 3.26. The summed E-state index contributed by atoms with van der Waals surface area (Å²) in [5.41, 5.74) is -0.0433. The van der Waals surface area contributed by atoms with Crippen molar-refractivity contribution in [3.63, 3.8) is 0 Å². The Labute approximate surface area is 109 Å². The van der Waals surface area contributed by atoms with Gasteiger partial charge in [-0.25, -0.2) is 4.39 Å². The number of rotatable bonds is 2. The average molecular weight is 263 g/mol. The summed E-state index contributed by atoms with van der Waals surface area (Å²) in [5, 5.41) is 13.5. The lowest BCUT2D eigenvalue weighted by molar-refractivity contribution is 0.417. The van der Waals surface area contributed by atoms with E-state index in [1.165, 1.54) is 24.6 Å². The van der Waals surface area contributed by atoms with Crippen LogP contribution in [-0.2, 0) is 0 Å². The van der Waals surface area contributed by atoms with Crippen LogP contribution in [0.5, 0.6) is 5.75 Å². The van der Waals surface area contributed by atoms with Crippen molar-refractivity contribution in [2.24, 2.45) is 0 Å². The fraction of sp³-hybridized carbons (Fsp3) is 0.385. The molecule has 0 atom stereocenters. The number of anilines is 1. The molecule has 1 saturated heterocycles. The average Bonchev–Trinajstić information content (AvgIpc) is 2.89. The highest BCUT2D eigenvalue weighted by Gasteiger charge is 2.21. The molecule has 1 aromatic carbocycles. The van der Waals surface area contributed by atoms with Gasteiger partial charge in [-0.2, -0.15) is 4.98 Å². The van der Waals surface area contributed by atoms with Crippen LogP contribution in [0.15, 0.2) is 22.7 Å². The van der Waals surface area contributed by atoms with Crippen molar-refractivity contribution in [1.29, 1.82) is 0 Å². The molecule has 0 unspecified atom stereocenters. The van der Waals surface area contributed by atoms with E-state index in [-0.39, 0.29) is 17.2 Å². The Kier molecular flexibility index (Phi) is 3.06. The Bertz CT molecular complexity index is 559. The van der Waals surface area contributed by atoms with Gasteiger partial charge in [-0.3, -0.25) is 0 Å². The van der Waals surface area contributed by atoms with Crippen LogP contribution in [0.1, 0.15) is 19.3 Å². The SMILES string of the molecule is Oc1cccc(F)c1-c1nc(N2CCCCC2)no1. The number of aromatic hydroxyl groups is 1. The van der Waals surface area contributed by atoms with Crippen molar-refractivity contribution in [2.45, 2.75) is 19.3 Å². The zero-order chi connectivity index (χ0) is 13.2. The first-order chi connectivity index (χ1) is 9.25. The van der Waals surface area contributed by atoms with E-state index in [2.05, 4.69) is 10.1 Å². The molecule has 0 radical (unpaired) electrons. The smallest absolute Gasteiger partial charge is 0.266 e. The summed E-state index contributed by atoms with van der Waals surface area (Å²) in [5.74, 6) is -0.309. The Morgan fingerprint density at radius 1 is 1.21 bits per heavy atom. The maximum absolute atomic E-state index is 13.7. The molecule has 0 aliphatic carbocycles. The highest BCUT2D eigenvalue weighted by Crippen LogP contribution is 2.31. The normalized spacial score (nSPS) is 15.7. The molecule has 1 aliphatic rings. The molecule has 0 spiro atoms. The van der Waals surface area contributed by atoms with E-state index in [0.29, 0.717) is 5.95 Å². The molecule has 2 aromatic rings. The van der Waals surface area contributed by atoms with E-state index < -0.39 is 5.82 Å². The molecule has 1 N–H and O–H groups in total. The van der Waals surface area contributed by atoms with Gasteiger partial charge in [-0.15, -0.1) is 0 Å². The van der Waals surface area contributed by atoms with Gasteiger partial charge in [0.25, 0.3) is 11.8 Å². The van der Waals surface area contributed by atoms with E-state index >= 15 is 0 Å².